The number of carbonyl (C=O) groups is 1. The fourth-order valence-electron chi connectivity index (χ4n) is 3.43. The van der Waals surface area contributed by atoms with E-state index in [4.69, 9.17) is 9.47 Å². The van der Waals surface area contributed by atoms with Gasteiger partial charge in [0.15, 0.2) is 0 Å². The SMILES string of the molecule is C=CCOc1ccc(/C=C/C(=O)N[C@H](C[NH+]2CCOCC2)c2ccc(C)cc2)cc1. The number of morpholine rings is 1. The first-order chi connectivity index (χ1) is 14.6. The second-order valence-electron chi connectivity index (χ2n) is 7.54. The number of amides is 1. The Labute approximate surface area is 179 Å². The minimum atomic E-state index is -0.0970. The maximum absolute atomic E-state index is 12.6. The van der Waals surface area contributed by atoms with Crippen LogP contribution < -0.4 is 15.0 Å². The highest BCUT2D eigenvalue weighted by molar-refractivity contribution is 5.92. The number of rotatable bonds is 9. The molecule has 2 N–H and O–H groups in total. The number of hydrogen-bond donors (Lipinski definition) is 2. The first-order valence-corrected chi connectivity index (χ1v) is 10.4. The molecule has 5 heteroatoms. The second-order valence-corrected chi connectivity index (χ2v) is 7.54. The summed E-state index contributed by atoms with van der Waals surface area (Å²) in [5.74, 6) is 0.685. The van der Waals surface area contributed by atoms with Gasteiger partial charge < -0.3 is 19.7 Å². The topological polar surface area (TPSA) is 52.0 Å². The molecule has 2 aromatic rings. The van der Waals surface area contributed by atoms with Gasteiger partial charge in [0, 0.05) is 6.08 Å². The van der Waals surface area contributed by atoms with E-state index in [1.807, 2.05) is 30.3 Å². The summed E-state index contributed by atoms with van der Waals surface area (Å²) >= 11 is 0. The molecule has 0 bridgehead atoms. The highest BCUT2D eigenvalue weighted by Gasteiger charge is 2.22. The van der Waals surface area contributed by atoms with Gasteiger partial charge in [-0.15, -0.1) is 0 Å². The van der Waals surface area contributed by atoms with Gasteiger partial charge in [0.25, 0.3) is 0 Å². The molecule has 0 radical (unpaired) electrons. The number of carbonyl (C=O) groups excluding carboxylic acids is 1. The van der Waals surface area contributed by atoms with Crippen LogP contribution in [0.25, 0.3) is 6.08 Å². The third-order valence-corrected chi connectivity index (χ3v) is 5.16. The van der Waals surface area contributed by atoms with Gasteiger partial charge >= 0.3 is 0 Å². The Bertz CT molecular complexity index is 838. The normalized spacial score (nSPS) is 15.6. The summed E-state index contributed by atoms with van der Waals surface area (Å²) < 4.78 is 11.0. The average Bonchev–Trinajstić information content (AvgIpc) is 2.78. The Kier molecular flexibility index (Phi) is 8.24. The molecule has 0 unspecified atom stereocenters. The Morgan fingerprint density at radius 2 is 1.87 bits per heavy atom. The van der Waals surface area contributed by atoms with Crippen molar-refractivity contribution in [3.8, 4) is 5.75 Å². The number of nitrogens with one attached hydrogen (secondary N) is 2. The van der Waals surface area contributed by atoms with Gasteiger partial charge in [0.1, 0.15) is 38.0 Å². The van der Waals surface area contributed by atoms with Gasteiger partial charge in [-0.3, -0.25) is 4.79 Å². The van der Waals surface area contributed by atoms with Crippen LogP contribution in [0.4, 0.5) is 0 Å². The molecular formula is C25H31N2O3+. The molecule has 1 fully saturated rings. The standard InChI is InChI=1S/C25H30N2O3/c1-3-16-30-23-11-6-21(7-12-23)8-13-25(28)26-24(19-27-14-17-29-18-15-27)22-9-4-20(2)5-10-22/h3-13,24H,1,14-19H2,2H3,(H,26,28)/p+1/b13-8+/t24-/m1/s1. The Hall–Kier alpha value is -2.89. The summed E-state index contributed by atoms with van der Waals surface area (Å²) in [7, 11) is 0. The van der Waals surface area contributed by atoms with E-state index in [-0.39, 0.29) is 11.9 Å². The Morgan fingerprint density at radius 3 is 2.53 bits per heavy atom. The Balaban J connectivity index is 1.63. The van der Waals surface area contributed by atoms with Gasteiger partial charge in [-0.1, -0.05) is 54.6 Å². The lowest BCUT2D eigenvalue weighted by Gasteiger charge is -2.28. The molecule has 1 saturated heterocycles. The summed E-state index contributed by atoms with van der Waals surface area (Å²) in [6, 6.07) is 16.0. The molecule has 1 aliphatic heterocycles. The van der Waals surface area contributed by atoms with Crippen LogP contribution in [-0.2, 0) is 9.53 Å². The molecule has 1 aliphatic rings. The zero-order valence-electron chi connectivity index (χ0n) is 17.6. The number of ether oxygens (including phenoxy) is 2. The van der Waals surface area contributed by atoms with Gasteiger partial charge in [0.05, 0.1) is 13.2 Å². The molecule has 5 nitrogen and oxygen atoms in total. The molecule has 0 spiro atoms. The van der Waals surface area contributed by atoms with E-state index in [9.17, 15) is 4.79 Å². The summed E-state index contributed by atoms with van der Waals surface area (Å²) in [6.07, 6.45) is 5.12. The summed E-state index contributed by atoms with van der Waals surface area (Å²) in [5, 5.41) is 3.19. The summed E-state index contributed by atoms with van der Waals surface area (Å²) in [5.41, 5.74) is 3.29. The largest absolute Gasteiger partial charge is 0.490 e. The minimum Gasteiger partial charge on any atom is -0.490 e. The third kappa shape index (κ3) is 6.87. The molecule has 0 saturated carbocycles. The molecular weight excluding hydrogens is 376 g/mol. The second kappa shape index (κ2) is 11.3. The molecule has 158 valence electrons. The number of benzene rings is 2. The van der Waals surface area contributed by atoms with Crippen molar-refractivity contribution in [3.05, 3.63) is 84.0 Å². The zero-order chi connectivity index (χ0) is 21.2. The van der Waals surface area contributed by atoms with E-state index in [2.05, 4.69) is 43.1 Å². The zero-order valence-corrected chi connectivity index (χ0v) is 17.6. The maximum Gasteiger partial charge on any atom is 0.244 e. The summed E-state index contributed by atoms with van der Waals surface area (Å²) in [6.45, 7) is 10.5. The third-order valence-electron chi connectivity index (χ3n) is 5.16. The highest BCUT2D eigenvalue weighted by atomic mass is 16.5. The smallest absolute Gasteiger partial charge is 0.244 e. The van der Waals surface area contributed by atoms with Crippen LogP contribution in [0.5, 0.6) is 5.75 Å². The van der Waals surface area contributed by atoms with Gasteiger partial charge in [0.2, 0.25) is 5.91 Å². The van der Waals surface area contributed by atoms with Crippen molar-refractivity contribution in [1.29, 1.82) is 0 Å². The number of hydrogen-bond acceptors (Lipinski definition) is 3. The highest BCUT2D eigenvalue weighted by Crippen LogP contribution is 2.15. The molecule has 1 atom stereocenters. The van der Waals surface area contributed by atoms with Gasteiger partial charge in [-0.25, -0.2) is 0 Å². The molecule has 0 aromatic heterocycles. The van der Waals surface area contributed by atoms with E-state index in [0.717, 1.165) is 49.7 Å². The molecule has 30 heavy (non-hydrogen) atoms. The van der Waals surface area contributed by atoms with Crippen molar-refractivity contribution >= 4 is 12.0 Å². The van der Waals surface area contributed by atoms with E-state index in [1.54, 1.807) is 12.2 Å². The molecule has 0 aliphatic carbocycles. The fourth-order valence-corrected chi connectivity index (χ4v) is 3.43. The van der Waals surface area contributed by atoms with Crippen LogP contribution >= 0.6 is 0 Å². The van der Waals surface area contributed by atoms with Crippen molar-refractivity contribution in [2.75, 3.05) is 39.5 Å². The van der Waals surface area contributed by atoms with E-state index >= 15 is 0 Å². The number of aryl methyl sites for hydroxylation is 1. The van der Waals surface area contributed by atoms with Crippen LogP contribution in [0, 0.1) is 6.92 Å². The van der Waals surface area contributed by atoms with Crippen LogP contribution in [-0.4, -0.2) is 45.4 Å². The van der Waals surface area contributed by atoms with E-state index < -0.39 is 0 Å². The first-order valence-electron chi connectivity index (χ1n) is 10.4. The predicted octanol–water partition coefficient (Wildman–Crippen LogP) is 2.35. The average molecular weight is 408 g/mol. The first kappa shape index (κ1) is 21.8. The monoisotopic (exact) mass is 407 g/mol. The molecule has 3 rings (SSSR count). The van der Waals surface area contributed by atoms with Crippen LogP contribution in [0.3, 0.4) is 0 Å². The molecule has 2 aromatic carbocycles. The van der Waals surface area contributed by atoms with Crippen LogP contribution in [0.15, 0.2) is 67.3 Å². The van der Waals surface area contributed by atoms with Gasteiger partial charge in [-0.05, 0) is 36.3 Å². The van der Waals surface area contributed by atoms with Gasteiger partial charge in [-0.2, -0.15) is 0 Å². The lowest BCUT2D eigenvalue weighted by molar-refractivity contribution is -0.909. The maximum atomic E-state index is 12.6. The number of quaternary nitrogens is 1. The predicted molar refractivity (Wildman–Crippen MR) is 120 cm³/mol. The van der Waals surface area contributed by atoms with Crippen molar-refractivity contribution in [2.24, 2.45) is 0 Å². The van der Waals surface area contributed by atoms with E-state index in [1.165, 1.54) is 10.5 Å². The van der Waals surface area contributed by atoms with Crippen molar-refractivity contribution in [3.63, 3.8) is 0 Å². The Morgan fingerprint density at radius 1 is 1.17 bits per heavy atom. The molecule has 1 amide bonds. The summed E-state index contributed by atoms with van der Waals surface area (Å²) in [4.78, 5) is 14.1. The minimum absolute atomic E-state index is 0.0365. The van der Waals surface area contributed by atoms with Crippen LogP contribution in [0.2, 0.25) is 0 Å². The van der Waals surface area contributed by atoms with E-state index in [0.29, 0.717) is 6.61 Å². The lowest BCUT2D eigenvalue weighted by Crippen LogP contribution is -3.14. The fraction of sp³-hybridized carbons (Fsp3) is 0.320. The van der Waals surface area contributed by atoms with Crippen molar-refractivity contribution in [2.45, 2.75) is 13.0 Å². The van der Waals surface area contributed by atoms with Crippen molar-refractivity contribution < 1.29 is 19.2 Å². The quantitative estimate of drug-likeness (QED) is 0.496. The molecule has 1 heterocycles. The van der Waals surface area contributed by atoms with Crippen molar-refractivity contribution in [1.82, 2.24) is 5.32 Å². The lowest BCUT2D eigenvalue weighted by atomic mass is 10.0. The van der Waals surface area contributed by atoms with Crippen LogP contribution in [0.1, 0.15) is 22.7 Å².